The predicted octanol–water partition coefficient (Wildman–Crippen LogP) is 5.06. The molecule has 7 nitrogen and oxygen atoms in total. The summed E-state index contributed by atoms with van der Waals surface area (Å²) in [7, 11) is 0. The number of aryl methyl sites for hydroxylation is 3. The van der Waals surface area contributed by atoms with E-state index in [4.69, 9.17) is 9.15 Å². The van der Waals surface area contributed by atoms with Crippen LogP contribution >= 0.6 is 0 Å². The van der Waals surface area contributed by atoms with Gasteiger partial charge in [0, 0.05) is 5.39 Å². The highest BCUT2D eigenvalue weighted by molar-refractivity contribution is 5.90. The molecule has 1 spiro atoms. The number of rotatable bonds is 2. The number of nitrogens with one attached hydrogen (secondary N) is 2. The number of amides is 2. The van der Waals surface area contributed by atoms with Gasteiger partial charge < -0.3 is 19.8 Å². The molecule has 39 heavy (non-hydrogen) atoms. The molecule has 0 unspecified atom stereocenters. The lowest BCUT2D eigenvalue weighted by Gasteiger charge is -2.41. The highest BCUT2D eigenvalue weighted by Gasteiger charge is 2.41. The van der Waals surface area contributed by atoms with Gasteiger partial charge in [0.1, 0.15) is 29.7 Å². The molecule has 2 aliphatic heterocycles. The normalized spacial score (nSPS) is 21.4. The third-order valence-corrected chi connectivity index (χ3v) is 8.58. The number of para-hydroxylation sites is 1. The van der Waals surface area contributed by atoms with Gasteiger partial charge >= 0.3 is 0 Å². The Kier molecular flexibility index (Phi) is 8.26. The SMILES string of the molecule is Cc1ccc2c(C)c(CN3CCC4(CCCCc5ccccc5OCCNC(=O)[C@H](C)NC4=O)CC3)oc2c1. The fraction of sp³-hybridized carbons (Fsp3) is 0.500. The van der Waals surface area contributed by atoms with Gasteiger partial charge in [-0.2, -0.15) is 0 Å². The van der Waals surface area contributed by atoms with E-state index in [1.807, 2.05) is 18.2 Å². The number of carbonyl (C=O) groups excluding carboxylic acids is 2. The Morgan fingerprint density at radius 3 is 2.64 bits per heavy atom. The first-order valence-electron chi connectivity index (χ1n) is 14.3. The molecule has 1 fully saturated rings. The summed E-state index contributed by atoms with van der Waals surface area (Å²) in [5.41, 5.74) is 4.03. The van der Waals surface area contributed by atoms with Gasteiger partial charge in [0.2, 0.25) is 11.8 Å². The number of ether oxygens (including phenoxy) is 1. The Balaban J connectivity index is 1.29. The largest absolute Gasteiger partial charge is 0.491 e. The molecule has 2 amide bonds. The van der Waals surface area contributed by atoms with Gasteiger partial charge in [-0.15, -0.1) is 0 Å². The second-order valence-electron chi connectivity index (χ2n) is 11.4. The third kappa shape index (κ3) is 6.14. The van der Waals surface area contributed by atoms with Crippen molar-refractivity contribution in [2.24, 2.45) is 5.41 Å². The summed E-state index contributed by atoms with van der Waals surface area (Å²) in [4.78, 5) is 28.8. The average molecular weight is 532 g/mol. The number of piperidine rings is 1. The van der Waals surface area contributed by atoms with Crippen LogP contribution in [0, 0.1) is 19.3 Å². The minimum Gasteiger partial charge on any atom is -0.491 e. The number of likely N-dealkylation sites (tertiary alicyclic amines) is 1. The van der Waals surface area contributed by atoms with Crippen LogP contribution < -0.4 is 15.4 Å². The van der Waals surface area contributed by atoms with Crippen molar-refractivity contribution >= 4 is 22.8 Å². The Hall–Kier alpha value is -3.32. The molecule has 2 aliphatic rings. The smallest absolute Gasteiger partial charge is 0.242 e. The summed E-state index contributed by atoms with van der Waals surface area (Å²) in [5.74, 6) is 1.71. The van der Waals surface area contributed by atoms with E-state index in [9.17, 15) is 9.59 Å². The predicted molar refractivity (Wildman–Crippen MR) is 153 cm³/mol. The molecule has 0 aliphatic carbocycles. The summed E-state index contributed by atoms with van der Waals surface area (Å²) >= 11 is 0. The summed E-state index contributed by atoms with van der Waals surface area (Å²) < 4.78 is 12.2. The molecule has 1 aromatic heterocycles. The van der Waals surface area contributed by atoms with Crippen LogP contribution in [0.3, 0.4) is 0 Å². The van der Waals surface area contributed by atoms with Gasteiger partial charge in [0.05, 0.1) is 18.5 Å². The van der Waals surface area contributed by atoms with Gasteiger partial charge in [-0.3, -0.25) is 14.5 Å². The number of carbonyl (C=O) groups is 2. The van der Waals surface area contributed by atoms with E-state index in [2.05, 4.69) is 53.6 Å². The number of nitrogens with zero attached hydrogens (tertiary/aromatic N) is 1. The molecule has 208 valence electrons. The zero-order chi connectivity index (χ0) is 27.4. The van der Waals surface area contributed by atoms with Crippen LogP contribution in [0.5, 0.6) is 5.75 Å². The van der Waals surface area contributed by atoms with Crippen molar-refractivity contribution in [1.82, 2.24) is 15.5 Å². The molecular formula is C32H41N3O4. The maximum Gasteiger partial charge on any atom is 0.242 e. The zero-order valence-electron chi connectivity index (χ0n) is 23.5. The molecule has 2 N–H and O–H groups in total. The number of benzene rings is 2. The number of hydrogen-bond donors (Lipinski definition) is 2. The molecule has 1 saturated heterocycles. The number of hydrogen-bond acceptors (Lipinski definition) is 5. The summed E-state index contributed by atoms with van der Waals surface area (Å²) in [6, 6.07) is 13.9. The molecule has 1 atom stereocenters. The Morgan fingerprint density at radius 2 is 1.82 bits per heavy atom. The van der Waals surface area contributed by atoms with E-state index in [0.717, 1.165) is 75.3 Å². The topological polar surface area (TPSA) is 83.8 Å². The maximum atomic E-state index is 13.7. The van der Waals surface area contributed by atoms with Crippen LogP contribution in [0.1, 0.15) is 61.5 Å². The quantitative estimate of drug-likeness (QED) is 0.483. The molecule has 3 aromatic rings. The lowest BCUT2D eigenvalue weighted by atomic mass is 9.73. The van der Waals surface area contributed by atoms with Crippen molar-refractivity contribution < 1.29 is 18.7 Å². The van der Waals surface area contributed by atoms with E-state index in [-0.39, 0.29) is 11.8 Å². The van der Waals surface area contributed by atoms with Gasteiger partial charge in [-0.05, 0) is 94.8 Å². The van der Waals surface area contributed by atoms with Crippen LogP contribution in [0.2, 0.25) is 0 Å². The van der Waals surface area contributed by atoms with Gasteiger partial charge in [-0.25, -0.2) is 0 Å². The first kappa shape index (κ1) is 27.3. The zero-order valence-corrected chi connectivity index (χ0v) is 23.5. The monoisotopic (exact) mass is 531 g/mol. The van der Waals surface area contributed by atoms with Crippen LogP contribution in [-0.2, 0) is 22.6 Å². The van der Waals surface area contributed by atoms with Crippen LogP contribution in [0.15, 0.2) is 46.9 Å². The summed E-state index contributed by atoms with van der Waals surface area (Å²) in [6.45, 7) is 9.15. The molecule has 0 radical (unpaired) electrons. The minimum absolute atomic E-state index is 0.00622. The van der Waals surface area contributed by atoms with Crippen molar-refractivity contribution in [3.8, 4) is 5.75 Å². The first-order valence-corrected chi connectivity index (χ1v) is 14.3. The molecule has 5 rings (SSSR count). The highest BCUT2D eigenvalue weighted by Crippen LogP contribution is 2.39. The summed E-state index contributed by atoms with van der Waals surface area (Å²) in [5, 5.41) is 7.12. The Bertz CT molecular complexity index is 1320. The van der Waals surface area contributed by atoms with Gasteiger partial charge in [-0.1, -0.05) is 36.8 Å². The van der Waals surface area contributed by atoms with E-state index in [0.29, 0.717) is 13.2 Å². The fourth-order valence-corrected chi connectivity index (χ4v) is 6.00. The van der Waals surface area contributed by atoms with E-state index in [1.165, 1.54) is 22.1 Å². The third-order valence-electron chi connectivity index (χ3n) is 8.58. The van der Waals surface area contributed by atoms with Crippen LogP contribution in [-0.4, -0.2) is 49.0 Å². The maximum absolute atomic E-state index is 13.7. The lowest BCUT2D eigenvalue weighted by molar-refractivity contribution is -0.138. The standard InChI is InChI=1S/C32H41N3O4/c1-22-11-12-26-23(2)29(39-28(26)20-22)21-35-17-14-32(15-18-35)13-7-6-9-25-8-4-5-10-27(25)38-19-16-33-30(36)24(3)34-31(32)37/h4-5,8,10-12,20,24H,6-7,9,13-19,21H2,1-3H3,(H,33,36)(H,34,37)/t24-/m0/s1. The second kappa shape index (κ2) is 11.8. The van der Waals surface area contributed by atoms with Gasteiger partial charge in [0.25, 0.3) is 0 Å². The molecular weight excluding hydrogens is 490 g/mol. The van der Waals surface area contributed by atoms with Crippen molar-refractivity contribution in [1.29, 1.82) is 0 Å². The van der Waals surface area contributed by atoms with Crippen LogP contribution in [0.4, 0.5) is 0 Å². The Labute approximate surface area is 231 Å². The molecule has 3 heterocycles. The Morgan fingerprint density at radius 1 is 1.03 bits per heavy atom. The number of furan rings is 1. The number of fused-ring (bicyclic) bond motifs is 2. The second-order valence-corrected chi connectivity index (χ2v) is 11.4. The van der Waals surface area contributed by atoms with E-state index < -0.39 is 11.5 Å². The van der Waals surface area contributed by atoms with Crippen molar-refractivity contribution in [3.63, 3.8) is 0 Å². The molecule has 7 heteroatoms. The fourth-order valence-electron chi connectivity index (χ4n) is 6.00. The van der Waals surface area contributed by atoms with Crippen molar-refractivity contribution in [2.75, 3.05) is 26.2 Å². The van der Waals surface area contributed by atoms with E-state index >= 15 is 0 Å². The van der Waals surface area contributed by atoms with Crippen molar-refractivity contribution in [2.45, 2.75) is 71.9 Å². The minimum atomic E-state index is -0.591. The summed E-state index contributed by atoms with van der Waals surface area (Å²) in [6.07, 6.45) is 5.20. The average Bonchev–Trinajstić information content (AvgIpc) is 3.23. The van der Waals surface area contributed by atoms with Crippen molar-refractivity contribution in [3.05, 3.63) is 64.9 Å². The molecule has 2 aromatic carbocycles. The van der Waals surface area contributed by atoms with Crippen LogP contribution in [0.25, 0.3) is 11.0 Å². The first-order chi connectivity index (χ1) is 18.8. The molecule has 0 saturated carbocycles. The van der Waals surface area contributed by atoms with Gasteiger partial charge in [0.15, 0.2) is 0 Å². The lowest BCUT2D eigenvalue weighted by Crippen LogP contribution is -2.53. The van der Waals surface area contributed by atoms with E-state index in [1.54, 1.807) is 6.92 Å². The molecule has 0 bridgehead atoms. The highest BCUT2D eigenvalue weighted by atomic mass is 16.5.